The molecule has 10 nitrogen and oxygen atoms in total. The average molecular weight is 547 g/mol. The minimum Gasteiger partial charge on any atom is -0.444 e. The van der Waals surface area contributed by atoms with E-state index >= 15 is 0 Å². The molecule has 40 heavy (non-hydrogen) atoms. The summed E-state index contributed by atoms with van der Waals surface area (Å²) in [6.45, 7) is 9.13. The number of ether oxygens (including phenoxy) is 2. The number of hydrogen-bond acceptors (Lipinski definition) is 6. The Balaban J connectivity index is 1.37. The van der Waals surface area contributed by atoms with Crippen LogP contribution in [0.15, 0.2) is 60.7 Å². The van der Waals surface area contributed by atoms with E-state index in [0.717, 1.165) is 36.6 Å². The molecule has 5 rings (SSSR count). The second-order valence-corrected chi connectivity index (χ2v) is 11.3. The van der Waals surface area contributed by atoms with E-state index in [1.54, 1.807) is 16.7 Å². The number of nitrogens with zero attached hydrogens (tertiary/aromatic N) is 4. The first-order chi connectivity index (χ1) is 19.2. The summed E-state index contributed by atoms with van der Waals surface area (Å²) in [6, 6.07) is 19.6. The second kappa shape index (κ2) is 11.7. The van der Waals surface area contributed by atoms with Crippen LogP contribution in [-0.2, 0) is 22.6 Å². The molecule has 2 atom stereocenters. The summed E-state index contributed by atoms with van der Waals surface area (Å²) in [4.78, 5) is 30.2. The molecule has 1 saturated heterocycles. The number of rotatable bonds is 7. The van der Waals surface area contributed by atoms with Crippen molar-refractivity contribution in [3.63, 3.8) is 0 Å². The molecule has 212 valence electrons. The van der Waals surface area contributed by atoms with Gasteiger partial charge in [0, 0.05) is 38.2 Å². The molecule has 0 bridgehead atoms. The van der Waals surface area contributed by atoms with Crippen molar-refractivity contribution in [1.29, 1.82) is 0 Å². The van der Waals surface area contributed by atoms with Gasteiger partial charge in [-0.1, -0.05) is 48.5 Å². The smallest absolute Gasteiger partial charge is 0.410 e. The van der Waals surface area contributed by atoms with Crippen LogP contribution in [0.3, 0.4) is 0 Å². The highest BCUT2D eigenvalue weighted by Gasteiger charge is 2.36. The van der Waals surface area contributed by atoms with Gasteiger partial charge in [-0.25, -0.2) is 14.3 Å². The zero-order valence-electron chi connectivity index (χ0n) is 23.6. The highest BCUT2D eigenvalue weighted by Crippen LogP contribution is 2.33. The topological polar surface area (TPSA) is 101 Å². The number of likely N-dealkylation sites (tertiary alicyclic amines) is 1. The summed E-state index contributed by atoms with van der Waals surface area (Å²) in [5, 5.41) is 11.1. The van der Waals surface area contributed by atoms with Crippen molar-refractivity contribution < 1.29 is 19.1 Å². The molecule has 0 saturated carbocycles. The van der Waals surface area contributed by atoms with Gasteiger partial charge >= 0.3 is 12.1 Å². The summed E-state index contributed by atoms with van der Waals surface area (Å²) in [5.74, 6) is 0.700. The molecule has 1 aromatic heterocycles. The number of nitrogens with one attached hydrogen (secondary N) is 2. The van der Waals surface area contributed by atoms with Gasteiger partial charge in [0.2, 0.25) is 0 Å². The number of fused-ring (bicyclic) bond motifs is 1. The Morgan fingerprint density at radius 2 is 1.70 bits per heavy atom. The van der Waals surface area contributed by atoms with Gasteiger partial charge in [-0.3, -0.25) is 15.1 Å². The predicted molar refractivity (Wildman–Crippen MR) is 152 cm³/mol. The van der Waals surface area contributed by atoms with Crippen LogP contribution in [0.2, 0.25) is 0 Å². The van der Waals surface area contributed by atoms with E-state index in [0.29, 0.717) is 25.5 Å². The van der Waals surface area contributed by atoms with Crippen LogP contribution in [-0.4, -0.2) is 76.7 Å². The van der Waals surface area contributed by atoms with E-state index in [1.807, 2.05) is 69.3 Å². The lowest BCUT2D eigenvalue weighted by Gasteiger charge is -2.24. The summed E-state index contributed by atoms with van der Waals surface area (Å²) < 4.78 is 12.6. The van der Waals surface area contributed by atoms with Crippen molar-refractivity contribution >= 4 is 17.9 Å². The fraction of sp³-hybridized carbons (Fsp3) is 0.433. The van der Waals surface area contributed by atoms with E-state index < -0.39 is 11.7 Å². The molecule has 0 aliphatic carbocycles. The minimum atomic E-state index is -0.601. The normalized spacial score (nSPS) is 18.9. The highest BCUT2D eigenvalue weighted by molar-refractivity contribution is 5.90. The molecule has 3 aromatic rings. The molecule has 0 unspecified atom stereocenters. The molecule has 3 heterocycles. The lowest BCUT2D eigenvalue weighted by molar-refractivity contribution is 0.0239. The monoisotopic (exact) mass is 546 g/mol. The minimum absolute atomic E-state index is 0.0846. The first-order valence-electron chi connectivity index (χ1n) is 13.7. The van der Waals surface area contributed by atoms with Crippen LogP contribution >= 0.6 is 0 Å². The Hall–Kier alpha value is -3.89. The van der Waals surface area contributed by atoms with E-state index in [2.05, 4.69) is 27.7 Å². The molecule has 2 aliphatic rings. The Kier molecular flexibility index (Phi) is 8.09. The van der Waals surface area contributed by atoms with Gasteiger partial charge in [0.15, 0.2) is 0 Å². The molecule has 10 heteroatoms. The zero-order valence-corrected chi connectivity index (χ0v) is 23.6. The number of amides is 3. The van der Waals surface area contributed by atoms with Gasteiger partial charge in [0.05, 0.1) is 37.1 Å². The van der Waals surface area contributed by atoms with Crippen molar-refractivity contribution in [2.45, 2.75) is 51.4 Å². The van der Waals surface area contributed by atoms with Crippen LogP contribution in [0.25, 0.3) is 5.69 Å². The number of anilines is 1. The third kappa shape index (κ3) is 6.29. The molecular weight excluding hydrogens is 508 g/mol. The number of carbonyl (C=O) groups is 2. The zero-order chi connectivity index (χ0) is 28.3. The third-order valence-electron chi connectivity index (χ3n) is 7.19. The van der Waals surface area contributed by atoms with Crippen molar-refractivity contribution in [3.05, 3.63) is 77.5 Å². The quantitative estimate of drug-likeness (QED) is 0.457. The maximum Gasteiger partial charge on any atom is 0.410 e. The number of aromatic nitrogens is 2. The van der Waals surface area contributed by atoms with Gasteiger partial charge < -0.3 is 14.8 Å². The summed E-state index contributed by atoms with van der Waals surface area (Å²) in [7, 11) is 1.70. The largest absolute Gasteiger partial charge is 0.444 e. The van der Waals surface area contributed by atoms with Crippen LogP contribution in [0.5, 0.6) is 0 Å². The number of carbonyl (C=O) groups excluding carboxylic acids is 2. The molecule has 2 aliphatic heterocycles. The van der Waals surface area contributed by atoms with E-state index in [4.69, 9.17) is 14.6 Å². The summed E-state index contributed by atoms with van der Waals surface area (Å²) in [5.41, 5.74) is 2.95. The number of hydrogen-bond donors (Lipinski definition) is 2. The molecule has 0 radical (unpaired) electrons. The average Bonchev–Trinajstić information content (AvgIpc) is 3.61. The second-order valence-electron chi connectivity index (χ2n) is 11.3. The predicted octanol–water partition coefficient (Wildman–Crippen LogP) is 4.36. The molecule has 1 fully saturated rings. The van der Waals surface area contributed by atoms with Crippen LogP contribution in [0.4, 0.5) is 15.4 Å². The lowest BCUT2D eigenvalue weighted by Crippen LogP contribution is -2.42. The van der Waals surface area contributed by atoms with E-state index in [-0.39, 0.29) is 18.0 Å². The number of methoxy groups -OCH3 is 1. The van der Waals surface area contributed by atoms with Crippen molar-refractivity contribution in [3.8, 4) is 5.69 Å². The summed E-state index contributed by atoms with van der Waals surface area (Å²) >= 11 is 0. The Bertz CT molecular complexity index is 1320. The van der Waals surface area contributed by atoms with Crippen molar-refractivity contribution in [2.75, 3.05) is 38.7 Å². The Morgan fingerprint density at radius 1 is 1.00 bits per heavy atom. The van der Waals surface area contributed by atoms with Crippen LogP contribution < -0.4 is 10.6 Å². The van der Waals surface area contributed by atoms with E-state index in [1.165, 1.54) is 5.56 Å². The van der Waals surface area contributed by atoms with Crippen LogP contribution in [0, 0.1) is 0 Å². The summed E-state index contributed by atoms with van der Waals surface area (Å²) in [6.07, 6.45) is -0.403. The van der Waals surface area contributed by atoms with Gasteiger partial charge in [-0.05, 0) is 38.5 Å². The van der Waals surface area contributed by atoms with Crippen molar-refractivity contribution in [2.24, 2.45) is 0 Å². The highest BCUT2D eigenvalue weighted by atomic mass is 16.6. The van der Waals surface area contributed by atoms with Gasteiger partial charge in [0.25, 0.3) is 0 Å². The maximum absolute atomic E-state index is 13.5. The molecule has 3 amide bonds. The first kappa shape index (κ1) is 27.7. The molecule has 2 aromatic carbocycles. The third-order valence-corrected chi connectivity index (χ3v) is 7.19. The number of benzene rings is 2. The molecule has 0 spiro atoms. The van der Waals surface area contributed by atoms with Crippen molar-refractivity contribution in [1.82, 2.24) is 24.9 Å². The first-order valence-corrected chi connectivity index (χ1v) is 13.7. The maximum atomic E-state index is 13.5. The Morgan fingerprint density at radius 3 is 2.38 bits per heavy atom. The number of para-hydroxylation sites is 1. The van der Waals surface area contributed by atoms with Gasteiger partial charge in [-0.15, -0.1) is 0 Å². The van der Waals surface area contributed by atoms with E-state index in [9.17, 15) is 9.59 Å². The fourth-order valence-electron chi connectivity index (χ4n) is 5.34. The number of urea groups is 1. The fourth-order valence-corrected chi connectivity index (χ4v) is 5.34. The van der Waals surface area contributed by atoms with Crippen LogP contribution in [0.1, 0.15) is 43.5 Å². The standard InChI is InChI=1S/C30H38N6O4/c1-30(2,3)40-29(38)35-18-24-26(20-35)33-36(22-13-9-6-10-14-22)27(24)32-28(37)31-25-19-34(15-16-39-4)17-23(25)21-11-7-5-8-12-21/h5-14,23,25H,15-20H2,1-4H3,(H2,31,32,37)/t23-,25+/m0/s1. The Labute approximate surface area is 235 Å². The van der Waals surface area contributed by atoms with Gasteiger partial charge in [-0.2, -0.15) is 5.10 Å². The lowest BCUT2D eigenvalue weighted by atomic mass is 9.94. The van der Waals surface area contributed by atoms with Gasteiger partial charge in [0.1, 0.15) is 11.4 Å². The molecular formula is C30H38N6O4. The SMILES string of the molecule is COCCN1C[C@@H](NC(=O)Nc2c3c(nn2-c2ccccc2)CN(C(=O)OC(C)(C)C)C3)[C@H](c2ccccc2)C1. The molecule has 2 N–H and O–H groups in total.